The molecule has 4 heterocycles. The molecule has 12 N–H and O–H groups in total. The van der Waals surface area contributed by atoms with E-state index in [2.05, 4.69) is 55.4 Å². The second kappa shape index (κ2) is 20.3. The highest BCUT2D eigenvalue weighted by molar-refractivity contribution is 5.76. The molecule has 4 unspecified atom stereocenters. The minimum absolute atomic E-state index is 0.230. The van der Waals surface area contributed by atoms with E-state index in [0.29, 0.717) is 23.9 Å². The number of nitrogens with two attached hydrogens (primary N) is 4. The molecule has 4 aliphatic heterocycles. The number of nitrogens with one attached hydrogen (secondary N) is 4. The molecule has 12 nitrogen and oxygen atoms in total. The van der Waals surface area contributed by atoms with Gasteiger partial charge in [-0.1, -0.05) is 55.4 Å². The quantitative estimate of drug-likeness (QED) is 0.151. The Bertz CT molecular complexity index is 933. The summed E-state index contributed by atoms with van der Waals surface area (Å²) in [5, 5.41) is 29.2. The van der Waals surface area contributed by atoms with Crippen molar-refractivity contribution in [3.05, 3.63) is 0 Å². The fraction of sp³-hybridized carbons (Fsp3) is 0.882. The highest BCUT2D eigenvalue weighted by atomic mass is 15.3. The lowest BCUT2D eigenvalue weighted by atomic mass is 9.95. The highest BCUT2D eigenvalue weighted by Crippen LogP contribution is 2.25. The predicted molar refractivity (Wildman–Crippen MR) is 195 cm³/mol. The third-order valence-electron chi connectivity index (χ3n) is 9.75. The Morgan fingerprint density at radius 3 is 1.46 bits per heavy atom. The van der Waals surface area contributed by atoms with Crippen molar-refractivity contribution in [3.8, 4) is 0 Å². The van der Waals surface area contributed by atoms with E-state index in [1.54, 1.807) is 0 Å². The molecular weight excluding hydrogens is 576 g/mol. The molecule has 46 heavy (non-hydrogen) atoms. The number of rotatable bonds is 6. The Hall–Kier alpha value is -2.92. The van der Waals surface area contributed by atoms with Crippen LogP contribution in [-0.2, 0) is 0 Å². The molecule has 4 rings (SSSR count). The number of guanidine groups is 4. The molecule has 0 bridgehead atoms. The van der Waals surface area contributed by atoms with Gasteiger partial charge in [-0.15, -0.1) is 0 Å². The van der Waals surface area contributed by atoms with Crippen LogP contribution < -0.4 is 22.9 Å². The lowest BCUT2D eigenvalue weighted by molar-refractivity contribution is 0.305. The first-order valence-corrected chi connectivity index (χ1v) is 17.8. The van der Waals surface area contributed by atoms with Crippen LogP contribution in [-0.4, -0.2) is 94.8 Å². The topological polar surface area (TPSA) is 212 Å². The van der Waals surface area contributed by atoms with Crippen LogP contribution in [0, 0.1) is 57.1 Å². The van der Waals surface area contributed by atoms with Gasteiger partial charge in [0.05, 0.1) is 0 Å². The van der Waals surface area contributed by atoms with E-state index in [4.69, 9.17) is 44.6 Å². The average molecular weight is 649 g/mol. The van der Waals surface area contributed by atoms with Crippen LogP contribution in [0.25, 0.3) is 0 Å². The summed E-state index contributed by atoms with van der Waals surface area (Å²) < 4.78 is 0. The molecule has 12 heteroatoms. The molecule has 4 aliphatic rings. The van der Waals surface area contributed by atoms with Crippen LogP contribution in [0.2, 0.25) is 0 Å². The van der Waals surface area contributed by atoms with Crippen LogP contribution in [0.3, 0.4) is 0 Å². The summed E-state index contributed by atoms with van der Waals surface area (Å²) in [5.74, 6) is 5.25. The second-order valence-electron chi connectivity index (χ2n) is 15.3. The lowest BCUT2D eigenvalue weighted by Crippen LogP contribution is -2.42. The standard InChI is InChI=1S/2C9H19N3.2C8H17N3/c1-7(2)5-8-3-4-12(6-8)9(10)11;1-7(2)6-8-4-3-5-12(8)9(10)11;1-6(2)7-3-4-11(5-7)8(9)10;1-6(2)7-4-3-5-11(7)8(9)10/h2*7-8H,3-6H2,1-2H3,(H3,10,11);2*6-7H,3-5H2,1-2H3,(H3,9,10). The molecule has 0 amide bonds. The highest BCUT2D eigenvalue weighted by Gasteiger charge is 2.28. The summed E-state index contributed by atoms with van der Waals surface area (Å²) in [5.41, 5.74) is 21.7. The SMILES string of the molecule is CC(C)C1CCCN1C(=N)N.CC(C)C1CCN(C(=N)N)C1.CC(C)CC1CCCN1C(=N)N.CC(C)CC1CCN(C(=N)N)C1. The van der Waals surface area contributed by atoms with Gasteiger partial charge in [0.15, 0.2) is 23.8 Å². The fourth-order valence-corrected chi connectivity index (χ4v) is 7.19. The first-order valence-electron chi connectivity index (χ1n) is 17.8. The molecule has 268 valence electrons. The van der Waals surface area contributed by atoms with Crippen LogP contribution in [0.5, 0.6) is 0 Å². The largest absolute Gasteiger partial charge is 0.370 e. The van der Waals surface area contributed by atoms with Gasteiger partial charge < -0.3 is 42.5 Å². The molecule has 0 radical (unpaired) electrons. The number of hydrogen-bond donors (Lipinski definition) is 8. The zero-order valence-electron chi connectivity index (χ0n) is 30.6. The average Bonchev–Trinajstić information content (AvgIpc) is 3.76. The molecule has 4 fully saturated rings. The van der Waals surface area contributed by atoms with Crippen LogP contribution in [0.1, 0.15) is 107 Å². The Morgan fingerprint density at radius 2 is 1.07 bits per heavy atom. The second-order valence-corrected chi connectivity index (χ2v) is 15.3. The Morgan fingerprint density at radius 1 is 0.565 bits per heavy atom. The normalized spacial score (nSPS) is 24.1. The third-order valence-corrected chi connectivity index (χ3v) is 9.75. The van der Waals surface area contributed by atoms with Gasteiger partial charge in [-0.25, -0.2) is 0 Å². The first-order chi connectivity index (χ1) is 21.4. The van der Waals surface area contributed by atoms with Crippen molar-refractivity contribution in [2.75, 3.05) is 39.3 Å². The van der Waals surface area contributed by atoms with Crippen LogP contribution >= 0.6 is 0 Å². The van der Waals surface area contributed by atoms with E-state index in [-0.39, 0.29) is 23.8 Å². The summed E-state index contributed by atoms with van der Waals surface area (Å²) in [6, 6.07) is 1.04. The van der Waals surface area contributed by atoms with E-state index >= 15 is 0 Å². The summed E-state index contributed by atoms with van der Waals surface area (Å²) in [6.45, 7) is 23.6. The van der Waals surface area contributed by atoms with Crippen molar-refractivity contribution < 1.29 is 0 Å². The van der Waals surface area contributed by atoms with Crippen molar-refractivity contribution >= 4 is 23.8 Å². The van der Waals surface area contributed by atoms with Gasteiger partial charge in [-0.2, -0.15) is 0 Å². The minimum atomic E-state index is 0.230. The number of nitrogens with zero attached hydrogens (tertiary/aromatic N) is 4. The van der Waals surface area contributed by atoms with Gasteiger partial charge in [0.25, 0.3) is 0 Å². The molecule has 0 aromatic rings. The monoisotopic (exact) mass is 649 g/mol. The molecule has 0 aromatic heterocycles. The van der Waals surface area contributed by atoms with Crippen molar-refractivity contribution in [1.29, 1.82) is 21.6 Å². The maximum atomic E-state index is 7.37. The molecule has 0 spiro atoms. The van der Waals surface area contributed by atoms with Crippen molar-refractivity contribution in [2.45, 2.75) is 119 Å². The van der Waals surface area contributed by atoms with Gasteiger partial charge in [0, 0.05) is 51.4 Å². The maximum Gasteiger partial charge on any atom is 0.188 e. The maximum absolute atomic E-state index is 7.37. The zero-order valence-corrected chi connectivity index (χ0v) is 30.6. The lowest BCUT2D eigenvalue weighted by Gasteiger charge is -2.27. The number of likely N-dealkylation sites (tertiary alicyclic amines) is 4. The van der Waals surface area contributed by atoms with Crippen molar-refractivity contribution in [1.82, 2.24) is 19.6 Å². The van der Waals surface area contributed by atoms with E-state index < -0.39 is 0 Å². The molecular formula is C34H72N12. The molecule has 0 aliphatic carbocycles. The fourth-order valence-electron chi connectivity index (χ4n) is 7.19. The summed E-state index contributed by atoms with van der Waals surface area (Å²) >= 11 is 0. The van der Waals surface area contributed by atoms with Crippen molar-refractivity contribution in [3.63, 3.8) is 0 Å². The summed E-state index contributed by atoms with van der Waals surface area (Å²) in [4.78, 5) is 7.95. The minimum Gasteiger partial charge on any atom is -0.370 e. The van der Waals surface area contributed by atoms with Gasteiger partial charge >= 0.3 is 0 Å². The van der Waals surface area contributed by atoms with Gasteiger partial charge in [-0.05, 0) is 86.9 Å². The predicted octanol–water partition coefficient (Wildman–Crippen LogP) is 4.50. The van der Waals surface area contributed by atoms with E-state index in [1.807, 2.05) is 19.6 Å². The van der Waals surface area contributed by atoms with Gasteiger partial charge in [-0.3, -0.25) is 21.6 Å². The Labute approximate surface area is 281 Å². The van der Waals surface area contributed by atoms with Gasteiger partial charge in [0.2, 0.25) is 0 Å². The molecule has 0 saturated carbocycles. The molecule has 4 saturated heterocycles. The van der Waals surface area contributed by atoms with Crippen LogP contribution in [0.15, 0.2) is 0 Å². The van der Waals surface area contributed by atoms with E-state index in [9.17, 15) is 0 Å². The van der Waals surface area contributed by atoms with Gasteiger partial charge in [0.1, 0.15) is 0 Å². The Balaban J connectivity index is 0.000000307. The summed E-state index contributed by atoms with van der Waals surface area (Å²) in [7, 11) is 0. The van der Waals surface area contributed by atoms with Crippen LogP contribution in [0.4, 0.5) is 0 Å². The van der Waals surface area contributed by atoms with E-state index in [0.717, 1.165) is 62.9 Å². The smallest absolute Gasteiger partial charge is 0.188 e. The van der Waals surface area contributed by atoms with Crippen molar-refractivity contribution in [2.24, 2.45) is 58.4 Å². The summed E-state index contributed by atoms with van der Waals surface area (Å²) in [6.07, 6.45) is 9.60. The zero-order chi connectivity index (χ0) is 35.1. The Kier molecular flexibility index (Phi) is 18.2. The first kappa shape index (κ1) is 41.1. The molecule has 0 aromatic carbocycles. The molecule has 4 atom stereocenters. The number of hydrogen-bond acceptors (Lipinski definition) is 4. The third kappa shape index (κ3) is 14.7. The van der Waals surface area contributed by atoms with E-state index in [1.165, 1.54) is 51.4 Å².